The summed E-state index contributed by atoms with van der Waals surface area (Å²) in [6, 6.07) is 5.09. The second-order valence-corrected chi connectivity index (χ2v) is 8.01. The van der Waals surface area contributed by atoms with Gasteiger partial charge in [0.1, 0.15) is 0 Å². The summed E-state index contributed by atoms with van der Waals surface area (Å²) in [6.45, 7) is 1.08. The van der Waals surface area contributed by atoms with Gasteiger partial charge in [0.2, 0.25) is 0 Å². The Morgan fingerprint density at radius 2 is 2.39 bits per heavy atom. The summed E-state index contributed by atoms with van der Waals surface area (Å²) in [5.74, 6) is 0. The average molecular weight is 342 g/mol. The van der Waals surface area contributed by atoms with Gasteiger partial charge in [0.05, 0.1) is 3.79 Å². The maximum absolute atomic E-state index is 3.72. The monoisotopic (exact) mass is 341 g/mol. The van der Waals surface area contributed by atoms with Crippen molar-refractivity contribution in [2.75, 3.05) is 6.54 Å². The fourth-order valence-corrected chi connectivity index (χ4v) is 5.08. The number of fused-ring (bicyclic) bond motifs is 1. The van der Waals surface area contributed by atoms with Crippen molar-refractivity contribution in [3.8, 4) is 0 Å². The summed E-state index contributed by atoms with van der Waals surface area (Å²) in [4.78, 5) is 1.57. The third-order valence-electron chi connectivity index (χ3n) is 3.47. The van der Waals surface area contributed by atoms with Gasteiger partial charge in [-0.1, -0.05) is 0 Å². The largest absolute Gasteiger partial charge is 0.310 e. The lowest BCUT2D eigenvalue weighted by Crippen LogP contribution is -2.26. The fourth-order valence-electron chi connectivity index (χ4n) is 2.56. The third-order valence-corrected chi connectivity index (χ3v) is 5.91. The highest BCUT2D eigenvalue weighted by molar-refractivity contribution is 9.11. The maximum atomic E-state index is 3.72. The Bertz CT molecular complexity index is 504. The number of halogens is 1. The van der Waals surface area contributed by atoms with E-state index in [-0.39, 0.29) is 0 Å². The zero-order valence-electron chi connectivity index (χ0n) is 10.1. The molecule has 0 radical (unpaired) electrons. The van der Waals surface area contributed by atoms with Crippen LogP contribution >= 0.6 is 38.6 Å². The predicted molar refractivity (Wildman–Crippen MR) is 83.7 cm³/mol. The van der Waals surface area contributed by atoms with Crippen LogP contribution in [0.3, 0.4) is 0 Å². The summed E-state index contributed by atoms with van der Waals surface area (Å²) in [6.07, 6.45) is 4.99. The van der Waals surface area contributed by atoms with Crippen LogP contribution in [0.1, 0.15) is 34.9 Å². The van der Waals surface area contributed by atoms with Crippen LogP contribution in [0.25, 0.3) is 0 Å². The molecule has 1 nitrogen and oxygen atoms in total. The van der Waals surface area contributed by atoms with Crippen LogP contribution in [-0.2, 0) is 12.8 Å². The van der Waals surface area contributed by atoms with Crippen LogP contribution in [-0.4, -0.2) is 6.54 Å². The molecule has 1 aliphatic rings. The van der Waals surface area contributed by atoms with Crippen molar-refractivity contribution in [3.63, 3.8) is 0 Å². The van der Waals surface area contributed by atoms with Crippen LogP contribution in [0.15, 0.2) is 26.7 Å². The van der Waals surface area contributed by atoms with Crippen LogP contribution in [0, 0.1) is 0 Å². The Balaban J connectivity index is 1.60. The Kier molecular flexibility index (Phi) is 4.19. The lowest BCUT2D eigenvalue weighted by molar-refractivity contribution is 0.467. The van der Waals surface area contributed by atoms with Gasteiger partial charge in [-0.25, -0.2) is 0 Å². The molecular weight excluding hydrogens is 326 g/mol. The van der Waals surface area contributed by atoms with Gasteiger partial charge in [0.25, 0.3) is 0 Å². The molecule has 4 heteroatoms. The van der Waals surface area contributed by atoms with Crippen LogP contribution in [0.4, 0.5) is 0 Å². The molecule has 0 fully saturated rings. The van der Waals surface area contributed by atoms with Gasteiger partial charge in [0.15, 0.2) is 0 Å². The van der Waals surface area contributed by atoms with E-state index in [1.165, 1.54) is 34.2 Å². The summed E-state index contributed by atoms with van der Waals surface area (Å²) in [5.41, 5.74) is 2.98. The van der Waals surface area contributed by atoms with E-state index in [4.69, 9.17) is 0 Å². The Labute approximate surface area is 124 Å². The first-order valence-electron chi connectivity index (χ1n) is 6.35. The number of thiophene rings is 2. The highest BCUT2D eigenvalue weighted by Gasteiger charge is 2.21. The molecule has 2 aromatic heterocycles. The molecule has 2 heterocycles. The van der Waals surface area contributed by atoms with Crippen molar-refractivity contribution >= 4 is 38.6 Å². The SMILES string of the molecule is Brc1cc2c(s1)CCCC2NCCc1ccsc1. The minimum atomic E-state index is 0.565. The van der Waals surface area contributed by atoms with Gasteiger partial charge < -0.3 is 5.32 Å². The molecule has 1 unspecified atom stereocenters. The molecule has 0 aromatic carbocycles. The normalized spacial score (nSPS) is 18.8. The van der Waals surface area contributed by atoms with Crippen molar-refractivity contribution in [2.24, 2.45) is 0 Å². The first-order chi connectivity index (χ1) is 8.83. The molecule has 0 aliphatic heterocycles. The van der Waals surface area contributed by atoms with Crippen LogP contribution in [0.2, 0.25) is 0 Å². The van der Waals surface area contributed by atoms with E-state index in [1.54, 1.807) is 16.2 Å². The van der Waals surface area contributed by atoms with Crippen molar-refractivity contribution < 1.29 is 0 Å². The third kappa shape index (κ3) is 2.87. The molecule has 0 saturated carbocycles. The van der Waals surface area contributed by atoms with E-state index in [9.17, 15) is 0 Å². The number of hydrogen-bond acceptors (Lipinski definition) is 3. The molecule has 1 aliphatic carbocycles. The van der Waals surface area contributed by atoms with E-state index >= 15 is 0 Å². The standard InChI is InChI=1S/C14H16BrNS2/c15-14-8-11-12(2-1-3-13(11)18-14)16-6-4-10-5-7-17-9-10/h5,7-9,12,16H,1-4,6H2. The Morgan fingerprint density at radius 1 is 1.44 bits per heavy atom. The van der Waals surface area contributed by atoms with Gasteiger partial charge in [-0.2, -0.15) is 11.3 Å². The van der Waals surface area contributed by atoms with Crippen molar-refractivity contribution in [3.05, 3.63) is 42.7 Å². The second-order valence-electron chi connectivity index (χ2n) is 4.71. The molecule has 0 saturated heterocycles. The molecular formula is C14H16BrNS2. The molecule has 0 amide bonds. The van der Waals surface area contributed by atoms with E-state index in [0.717, 1.165) is 13.0 Å². The zero-order chi connectivity index (χ0) is 12.4. The molecule has 0 bridgehead atoms. The number of hydrogen-bond donors (Lipinski definition) is 1. The number of rotatable bonds is 4. The minimum absolute atomic E-state index is 0.565. The molecule has 2 aromatic rings. The first kappa shape index (κ1) is 12.9. The first-order valence-corrected chi connectivity index (χ1v) is 8.91. The second kappa shape index (κ2) is 5.87. The lowest BCUT2D eigenvalue weighted by atomic mass is 9.94. The number of nitrogens with one attached hydrogen (secondary N) is 1. The van der Waals surface area contributed by atoms with Crippen molar-refractivity contribution in [1.29, 1.82) is 0 Å². The van der Waals surface area contributed by atoms with E-state index in [1.807, 2.05) is 11.3 Å². The molecule has 1 atom stereocenters. The smallest absolute Gasteiger partial charge is 0.0704 e. The average Bonchev–Trinajstić information content (AvgIpc) is 2.97. The van der Waals surface area contributed by atoms with Crippen molar-refractivity contribution in [2.45, 2.75) is 31.7 Å². The highest BCUT2D eigenvalue weighted by atomic mass is 79.9. The maximum Gasteiger partial charge on any atom is 0.0704 e. The van der Waals surface area contributed by atoms with E-state index in [0.29, 0.717) is 6.04 Å². The summed E-state index contributed by atoms with van der Waals surface area (Å²) < 4.78 is 1.28. The van der Waals surface area contributed by atoms with Gasteiger partial charge in [-0.3, -0.25) is 0 Å². The van der Waals surface area contributed by atoms with Crippen LogP contribution < -0.4 is 5.32 Å². The molecule has 0 spiro atoms. The lowest BCUT2D eigenvalue weighted by Gasteiger charge is -2.23. The highest BCUT2D eigenvalue weighted by Crippen LogP contribution is 2.37. The predicted octanol–water partition coefficient (Wildman–Crippen LogP) is 4.78. The summed E-state index contributed by atoms with van der Waals surface area (Å²) in [5, 5.41) is 8.12. The summed E-state index contributed by atoms with van der Waals surface area (Å²) >= 11 is 7.30. The topological polar surface area (TPSA) is 12.0 Å². The molecule has 3 rings (SSSR count). The van der Waals surface area contributed by atoms with Crippen LogP contribution in [0.5, 0.6) is 0 Å². The minimum Gasteiger partial charge on any atom is -0.310 e. The van der Waals surface area contributed by atoms with Gasteiger partial charge in [-0.05, 0) is 82.2 Å². The molecule has 18 heavy (non-hydrogen) atoms. The van der Waals surface area contributed by atoms with E-state index < -0.39 is 0 Å². The quantitative estimate of drug-likeness (QED) is 0.843. The van der Waals surface area contributed by atoms with E-state index in [2.05, 4.69) is 44.1 Å². The van der Waals surface area contributed by atoms with Gasteiger partial charge >= 0.3 is 0 Å². The fraction of sp³-hybridized carbons (Fsp3) is 0.429. The van der Waals surface area contributed by atoms with Gasteiger partial charge in [-0.15, -0.1) is 11.3 Å². The van der Waals surface area contributed by atoms with Crippen molar-refractivity contribution in [1.82, 2.24) is 5.32 Å². The molecule has 1 N–H and O–H groups in total. The number of aryl methyl sites for hydroxylation is 1. The Hall–Kier alpha value is -0.160. The zero-order valence-corrected chi connectivity index (χ0v) is 13.3. The molecule has 96 valence electrons. The van der Waals surface area contributed by atoms with Gasteiger partial charge in [0, 0.05) is 10.9 Å². The summed E-state index contributed by atoms with van der Waals surface area (Å²) in [7, 11) is 0. The Morgan fingerprint density at radius 3 is 3.22 bits per heavy atom.